The maximum absolute atomic E-state index is 12.4. The molecule has 1 heterocycles. The Labute approximate surface area is 147 Å². The Balaban J connectivity index is 1.98. The van der Waals surface area contributed by atoms with E-state index in [1.807, 2.05) is 20.2 Å². The first kappa shape index (κ1) is 16.9. The quantitative estimate of drug-likeness (QED) is 0.470. The monoisotopic (exact) mass is 340 g/mol. The van der Waals surface area contributed by atoms with Crippen LogP contribution in [0.5, 0.6) is 0 Å². The molecule has 0 unspecified atom stereocenters. The molecule has 0 aromatic heterocycles. The van der Waals surface area contributed by atoms with Crippen molar-refractivity contribution < 1.29 is 0 Å². The molecule has 1 aromatic carbocycles. The van der Waals surface area contributed by atoms with Gasteiger partial charge in [-0.05, 0) is 37.1 Å². The molecule has 0 saturated heterocycles. The van der Waals surface area contributed by atoms with Crippen LogP contribution in [0.25, 0.3) is 20.8 Å². The number of fused-ring (bicyclic) bond motifs is 2. The summed E-state index contributed by atoms with van der Waals surface area (Å²) in [6, 6.07) is 10.0. The predicted octanol–water partition coefficient (Wildman–Crippen LogP) is 4.95. The summed E-state index contributed by atoms with van der Waals surface area (Å²) in [4.78, 5) is 20.2. The van der Waals surface area contributed by atoms with Crippen molar-refractivity contribution in [3.63, 3.8) is 0 Å². The van der Waals surface area contributed by atoms with Crippen molar-refractivity contribution in [2.75, 3.05) is 19.0 Å². The molecule has 3 rings (SSSR count). The Morgan fingerprint density at radius 2 is 1.92 bits per heavy atom. The zero-order valence-corrected chi connectivity index (χ0v) is 15.4. The van der Waals surface area contributed by atoms with Crippen LogP contribution in [0.15, 0.2) is 35.1 Å². The highest BCUT2D eigenvalue weighted by Crippen LogP contribution is 2.32. The Bertz CT molecular complexity index is 869. The fraction of sp³-hybridized carbons (Fsp3) is 0.400. The van der Waals surface area contributed by atoms with Crippen LogP contribution in [0.3, 0.4) is 0 Å². The van der Waals surface area contributed by atoms with Crippen molar-refractivity contribution in [2.45, 2.75) is 39.0 Å². The Kier molecular flexibility index (Phi) is 5.14. The third-order valence-corrected chi connectivity index (χ3v) is 5.46. The van der Waals surface area contributed by atoms with Gasteiger partial charge in [-0.15, -0.1) is 11.3 Å². The maximum Gasteiger partial charge on any atom is 0.183 e. The van der Waals surface area contributed by atoms with E-state index in [-0.39, 0.29) is 5.43 Å². The van der Waals surface area contributed by atoms with Gasteiger partial charge < -0.3 is 4.90 Å². The number of hydrogen-bond acceptors (Lipinski definition) is 4. The second-order valence-corrected chi connectivity index (χ2v) is 7.58. The number of unbranched alkanes of at least 4 members (excludes halogenated alkanes) is 3. The first-order valence-corrected chi connectivity index (χ1v) is 9.45. The summed E-state index contributed by atoms with van der Waals surface area (Å²) in [6.45, 7) is 2.20. The van der Waals surface area contributed by atoms with E-state index < -0.39 is 0 Å². The molecule has 0 fully saturated rings. The van der Waals surface area contributed by atoms with Crippen molar-refractivity contribution in [3.05, 3.63) is 46.1 Å². The third-order valence-electron chi connectivity index (χ3n) is 4.36. The summed E-state index contributed by atoms with van der Waals surface area (Å²) in [5.74, 6) is 0. The number of aromatic nitrogens is 1. The molecule has 3 nitrogen and oxygen atoms in total. The molecule has 0 atom stereocenters. The first-order valence-electron chi connectivity index (χ1n) is 8.63. The van der Waals surface area contributed by atoms with Crippen LogP contribution in [0.1, 0.15) is 38.2 Å². The molecule has 0 spiro atoms. The second kappa shape index (κ2) is 7.31. The van der Waals surface area contributed by atoms with E-state index in [2.05, 4.69) is 30.0 Å². The van der Waals surface area contributed by atoms with Gasteiger partial charge in [0.05, 0.1) is 20.8 Å². The minimum absolute atomic E-state index is 0.153. The van der Waals surface area contributed by atoms with Crippen molar-refractivity contribution in [1.82, 2.24) is 4.98 Å². The van der Waals surface area contributed by atoms with Gasteiger partial charge >= 0.3 is 0 Å². The van der Waals surface area contributed by atoms with Crippen molar-refractivity contribution in [3.8, 4) is 10.6 Å². The lowest BCUT2D eigenvalue weighted by Gasteiger charge is -2.14. The number of benzene rings is 2. The molecule has 0 saturated carbocycles. The molecule has 2 aliphatic rings. The number of anilines is 1. The SMILES string of the molecule is CCCCCCc1cc2nc3ccc(N(C)C)cc3sc-2cc1=O. The summed E-state index contributed by atoms with van der Waals surface area (Å²) < 4.78 is 1.11. The summed E-state index contributed by atoms with van der Waals surface area (Å²) in [7, 11) is 4.06. The minimum Gasteiger partial charge on any atom is -0.378 e. The van der Waals surface area contributed by atoms with Gasteiger partial charge in [0.25, 0.3) is 0 Å². The molecule has 1 aliphatic carbocycles. The van der Waals surface area contributed by atoms with E-state index in [0.29, 0.717) is 0 Å². The number of aryl methyl sites for hydroxylation is 1. The Morgan fingerprint density at radius 1 is 1.08 bits per heavy atom. The summed E-state index contributed by atoms with van der Waals surface area (Å²) >= 11 is 1.65. The molecule has 0 radical (unpaired) electrons. The van der Waals surface area contributed by atoms with E-state index in [0.717, 1.165) is 44.9 Å². The van der Waals surface area contributed by atoms with Crippen LogP contribution >= 0.6 is 11.3 Å². The smallest absolute Gasteiger partial charge is 0.183 e. The highest BCUT2D eigenvalue weighted by Gasteiger charge is 2.12. The molecule has 24 heavy (non-hydrogen) atoms. The maximum atomic E-state index is 12.4. The lowest BCUT2D eigenvalue weighted by Crippen LogP contribution is -2.09. The van der Waals surface area contributed by atoms with E-state index in [1.54, 1.807) is 17.4 Å². The van der Waals surface area contributed by atoms with E-state index in [4.69, 9.17) is 4.98 Å². The average molecular weight is 340 g/mol. The Hall–Kier alpha value is -1.94. The summed E-state index contributed by atoms with van der Waals surface area (Å²) in [5, 5.41) is 0. The normalized spacial score (nSPS) is 11.3. The van der Waals surface area contributed by atoms with Crippen LogP contribution in [0, 0.1) is 0 Å². The lowest BCUT2D eigenvalue weighted by atomic mass is 10.0. The first-order chi connectivity index (χ1) is 11.6. The van der Waals surface area contributed by atoms with Crippen LogP contribution in [0.2, 0.25) is 0 Å². The molecule has 126 valence electrons. The Morgan fingerprint density at radius 3 is 2.67 bits per heavy atom. The average Bonchev–Trinajstić information content (AvgIpc) is 2.56. The van der Waals surface area contributed by atoms with Crippen LogP contribution in [-0.2, 0) is 6.42 Å². The van der Waals surface area contributed by atoms with E-state index in [1.165, 1.54) is 19.3 Å². The minimum atomic E-state index is 0.153. The fourth-order valence-electron chi connectivity index (χ4n) is 2.90. The van der Waals surface area contributed by atoms with Gasteiger partial charge in [0.2, 0.25) is 0 Å². The number of nitrogens with zero attached hydrogens (tertiary/aromatic N) is 2. The van der Waals surface area contributed by atoms with Crippen LogP contribution < -0.4 is 10.3 Å². The third kappa shape index (κ3) is 3.59. The molecule has 0 N–H and O–H groups in total. The van der Waals surface area contributed by atoms with Gasteiger partial charge in [-0.3, -0.25) is 4.79 Å². The van der Waals surface area contributed by atoms with Crippen LogP contribution in [0.4, 0.5) is 5.69 Å². The highest BCUT2D eigenvalue weighted by molar-refractivity contribution is 7.21. The predicted molar refractivity (Wildman–Crippen MR) is 105 cm³/mol. The fourth-order valence-corrected chi connectivity index (χ4v) is 3.91. The van der Waals surface area contributed by atoms with E-state index in [9.17, 15) is 4.79 Å². The van der Waals surface area contributed by atoms with Crippen molar-refractivity contribution in [2.24, 2.45) is 0 Å². The van der Waals surface area contributed by atoms with Gasteiger partial charge in [0.1, 0.15) is 0 Å². The number of rotatable bonds is 6. The molecule has 0 amide bonds. The molecular weight excluding hydrogens is 316 g/mol. The van der Waals surface area contributed by atoms with Gasteiger partial charge in [-0.25, -0.2) is 4.98 Å². The topological polar surface area (TPSA) is 33.2 Å². The standard InChI is InChI=1S/C20H24N2OS/c1-4-5-6-7-8-14-11-17-20(13-18(14)23)24-19-12-15(22(2)3)9-10-16(19)21-17/h9-13H,4-8H2,1-3H3. The second-order valence-electron chi connectivity index (χ2n) is 6.50. The zero-order chi connectivity index (χ0) is 17.1. The molecular formula is C20H24N2OS. The summed E-state index contributed by atoms with van der Waals surface area (Å²) in [5.41, 5.74) is 4.14. The van der Waals surface area contributed by atoms with Gasteiger partial charge in [-0.2, -0.15) is 0 Å². The largest absolute Gasteiger partial charge is 0.378 e. The zero-order valence-electron chi connectivity index (χ0n) is 14.6. The van der Waals surface area contributed by atoms with Gasteiger partial charge in [0.15, 0.2) is 5.43 Å². The van der Waals surface area contributed by atoms with Crippen molar-refractivity contribution in [1.29, 1.82) is 0 Å². The highest BCUT2D eigenvalue weighted by atomic mass is 32.1. The lowest BCUT2D eigenvalue weighted by molar-refractivity contribution is 0.665. The van der Waals surface area contributed by atoms with Gasteiger partial charge in [-0.1, -0.05) is 26.2 Å². The summed E-state index contributed by atoms with van der Waals surface area (Å²) in [6.07, 6.45) is 5.58. The van der Waals surface area contributed by atoms with Crippen LogP contribution in [-0.4, -0.2) is 19.1 Å². The van der Waals surface area contributed by atoms with E-state index >= 15 is 0 Å². The van der Waals surface area contributed by atoms with Crippen molar-refractivity contribution >= 4 is 27.2 Å². The molecule has 4 heteroatoms. The number of hydrogen-bond donors (Lipinski definition) is 0. The molecule has 1 aromatic rings. The molecule has 0 bridgehead atoms. The van der Waals surface area contributed by atoms with Gasteiger partial charge in [0, 0.05) is 31.4 Å². The molecule has 1 aliphatic heterocycles.